The van der Waals surface area contributed by atoms with Gasteiger partial charge in [0.05, 0.1) is 12.1 Å². The summed E-state index contributed by atoms with van der Waals surface area (Å²) in [6.07, 6.45) is 1.11. The summed E-state index contributed by atoms with van der Waals surface area (Å²) in [6, 6.07) is 2.69. The Kier molecular flexibility index (Phi) is 3.58. The van der Waals surface area contributed by atoms with Gasteiger partial charge in [-0.05, 0) is 19.1 Å². The van der Waals surface area contributed by atoms with Crippen LogP contribution in [-0.2, 0) is 21.2 Å². The van der Waals surface area contributed by atoms with Gasteiger partial charge in [-0.15, -0.1) is 11.3 Å². The third-order valence-corrected chi connectivity index (χ3v) is 4.97. The third-order valence-electron chi connectivity index (χ3n) is 2.07. The van der Waals surface area contributed by atoms with E-state index in [1.54, 1.807) is 6.92 Å². The second kappa shape index (κ2) is 5.02. The first kappa shape index (κ1) is 13.6. The molecule has 0 aliphatic rings. The minimum absolute atomic E-state index is 0.0135. The van der Waals surface area contributed by atoms with E-state index in [1.165, 1.54) is 18.4 Å². The lowest BCUT2D eigenvalue weighted by molar-refractivity contribution is -0.136. The van der Waals surface area contributed by atoms with Gasteiger partial charge in [0.25, 0.3) is 10.0 Å². The number of hydrogen-bond acceptors (Lipinski definition) is 6. The second-order valence-corrected chi connectivity index (χ2v) is 6.77. The largest absolute Gasteiger partial charge is 0.481 e. The molecule has 102 valence electrons. The van der Waals surface area contributed by atoms with Crippen LogP contribution in [0.3, 0.4) is 0 Å². The molecule has 0 radical (unpaired) electrons. The van der Waals surface area contributed by atoms with Crippen LogP contribution < -0.4 is 4.72 Å². The van der Waals surface area contributed by atoms with Crippen molar-refractivity contribution in [2.24, 2.45) is 0 Å². The Morgan fingerprint density at radius 2 is 2.26 bits per heavy atom. The van der Waals surface area contributed by atoms with E-state index in [-0.39, 0.29) is 16.6 Å². The van der Waals surface area contributed by atoms with Crippen molar-refractivity contribution in [2.45, 2.75) is 17.6 Å². The first-order valence-electron chi connectivity index (χ1n) is 5.12. The number of aromatic nitrogens is 1. The molecule has 2 heterocycles. The van der Waals surface area contributed by atoms with Crippen LogP contribution in [0.5, 0.6) is 0 Å². The Hall–Kier alpha value is -1.87. The molecular formula is C10H10N2O5S2. The number of carbonyl (C=O) groups is 1. The SMILES string of the molecule is Cc1coc(NS(=O)(=O)c2ccc(CC(=O)O)s2)n1. The minimum atomic E-state index is -3.80. The van der Waals surface area contributed by atoms with Crippen molar-refractivity contribution in [3.05, 3.63) is 29.0 Å². The van der Waals surface area contributed by atoms with Crippen LogP contribution in [0, 0.1) is 6.92 Å². The zero-order valence-electron chi connectivity index (χ0n) is 9.78. The van der Waals surface area contributed by atoms with Crippen LogP contribution in [0.2, 0.25) is 0 Å². The molecule has 0 fully saturated rings. The number of nitrogens with one attached hydrogen (secondary N) is 1. The normalized spacial score (nSPS) is 11.4. The number of hydrogen-bond donors (Lipinski definition) is 2. The van der Waals surface area contributed by atoms with Crippen LogP contribution >= 0.6 is 11.3 Å². The fourth-order valence-corrected chi connectivity index (χ4v) is 3.60. The molecule has 0 aliphatic heterocycles. The molecule has 2 N–H and O–H groups in total. The van der Waals surface area contributed by atoms with Gasteiger partial charge in [0.15, 0.2) is 0 Å². The maximum absolute atomic E-state index is 12.0. The van der Waals surface area contributed by atoms with Gasteiger partial charge >= 0.3 is 12.0 Å². The highest BCUT2D eigenvalue weighted by Gasteiger charge is 2.19. The van der Waals surface area contributed by atoms with E-state index < -0.39 is 16.0 Å². The highest BCUT2D eigenvalue weighted by Crippen LogP contribution is 2.24. The molecule has 19 heavy (non-hydrogen) atoms. The van der Waals surface area contributed by atoms with Gasteiger partial charge in [0.1, 0.15) is 10.5 Å². The van der Waals surface area contributed by atoms with Gasteiger partial charge in [-0.3, -0.25) is 4.79 Å². The van der Waals surface area contributed by atoms with Crippen molar-refractivity contribution in [1.82, 2.24) is 4.98 Å². The van der Waals surface area contributed by atoms with Crippen molar-refractivity contribution in [1.29, 1.82) is 0 Å². The molecule has 2 aromatic rings. The van der Waals surface area contributed by atoms with Crippen molar-refractivity contribution < 1.29 is 22.7 Å². The van der Waals surface area contributed by atoms with Gasteiger partial charge in [-0.25, -0.2) is 13.1 Å². The summed E-state index contributed by atoms with van der Waals surface area (Å²) in [7, 11) is -3.80. The lowest BCUT2D eigenvalue weighted by Crippen LogP contribution is -2.11. The summed E-state index contributed by atoms with van der Waals surface area (Å²) in [4.78, 5) is 14.8. The van der Waals surface area contributed by atoms with Crippen LogP contribution in [0.15, 0.2) is 27.0 Å². The molecule has 0 saturated heterocycles. The van der Waals surface area contributed by atoms with Crippen LogP contribution in [0.4, 0.5) is 6.01 Å². The monoisotopic (exact) mass is 302 g/mol. The molecule has 0 amide bonds. The molecule has 0 aromatic carbocycles. The predicted molar refractivity (Wildman–Crippen MR) is 67.7 cm³/mol. The van der Waals surface area contributed by atoms with E-state index in [0.29, 0.717) is 10.6 Å². The molecule has 0 saturated carbocycles. The highest BCUT2D eigenvalue weighted by molar-refractivity contribution is 7.94. The van der Waals surface area contributed by atoms with Gasteiger partial charge in [-0.1, -0.05) is 0 Å². The van der Waals surface area contributed by atoms with E-state index >= 15 is 0 Å². The van der Waals surface area contributed by atoms with Crippen molar-refractivity contribution in [2.75, 3.05) is 4.72 Å². The fraction of sp³-hybridized carbons (Fsp3) is 0.200. The number of aliphatic carboxylic acids is 1. The first-order valence-corrected chi connectivity index (χ1v) is 7.42. The number of anilines is 1. The molecule has 0 atom stereocenters. The zero-order chi connectivity index (χ0) is 14.0. The Labute approximate surface area is 113 Å². The third kappa shape index (κ3) is 3.32. The van der Waals surface area contributed by atoms with Crippen LogP contribution in [0.25, 0.3) is 0 Å². The van der Waals surface area contributed by atoms with E-state index in [9.17, 15) is 13.2 Å². The molecule has 7 nitrogen and oxygen atoms in total. The molecule has 0 aliphatic carbocycles. The number of sulfonamides is 1. The lowest BCUT2D eigenvalue weighted by atomic mass is 10.3. The summed E-state index contributed by atoms with van der Waals surface area (Å²) < 4.78 is 31.0. The van der Waals surface area contributed by atoms with Gasteiger partial charge in [0, 0.05) is 4.88 Å². The molecule has 0 spiro atoms. The number of aryl methyl sites for hydroxylation is 1. The van der Waals surface area contributed by atoms with E-state index in [4.69, 9.17) is 9.52 Å². The maximum atomic E-state index is 12.0. The maximum Gasteiger partial charge on any atom is 0.309 e. The predicted octanol–water partition coefficient (Wildman–Crippen LogP) is 1.47. The average Bonchev–Trinajstić information content (AvgIpc) is 2.87. The smallest absolute Gasteiger partial charge is 0.309 e. The number of oxazole rings is 1. The number of nitrogens with zero attached hydrogens (tertiary/aromatic N) is 1. The van der Waals surface area contributed by atoms with Crippen molar-refractivity contribution in [3.8, 4) is 0 Å². The average molecular weight is 302 g/mol. The highest BCUT2D eigenvalue weighted by atomic mass is 32.2. The lowest BCUT2D eigenvalue weighted by Gasteiger charge is -2.00. The van der Waals surface area contributed by atoms with E-state index in [1.807, 2.05) is 0 Å². The Balaban J connectivity index is 2.19. The molecule has 2 rings (SSSR count). The Morgan fingerprint density at radius 1 is 1.53 bits per heavy atom. The first-order chi connectivity index (χ1) is 8.87. The van der Waals surface area contributed by atoms with E-state index in [0.717, 1.165) is 11.3 Å². The summed E-state index contributed by atoms with van der Waals surface area (Å²) in [6.45, 7) is 1.66. The number of thiophene rings is 1. The summed E-state index contributed by atoms with van der Waals surface area (Å²) in [5.74, 6) is -1.01. The summed E-state index contributed by atoms with van der Waals surface area (Å²) in [5, 5.41) is 8.63. The molecule has 9 heteroatoms. The number of carboxylic acids is 1. The topological polar surface area (TPSA) is 110 Å². The van der Waals surface area contributed by atoms with Crippen LogP contribution in [-0.4, -0.2) is 24.5 Å². The standard InChI is InChI=1S/C10H10N2O5S2/c1-6-5-17-10(11-6)12-19(15,16)9-3-2-7(18-9)4-8(13)14/h2-3,5H,4H2,1H3,(H,11,12)(H,13,14). The molecule has 0 bridgehead atoms. The zero-order valence-corrected chi connectivity index (χ0v) is 11.4. The molecular weight excluding hydrogens is 292 g/mol. The molecule has 2 aromatic heterocycles. The summed E-state index contributed by atoms with van der Waals surface area (Å²) in [5.41, 5.74) is 0.551. The quantitative estimate of drug-likeness (QED) is 0.865. The molecule has 0 unspecified atom stereocenters. The fourth-order valence-electron chi connectivity index (χ4n) is 1.31. The number of rotatable bonds is 5. The number of carboxylic acid groups (broad SMARTS) is 1. The summed E-state index contributed by atoms with van der Waals surface area (Å²) >= 11 is 0.893. The Morgan fingerprint density at radius 3 is 2.84 bits per heavy atom. The van der Waals surface area contributed by atoms with Crippen LogP contribution in [0.1, 0.15) is 10.6 Å². The van der Waals surface area contributed by atoms with Gasteiger partial charge in [0.2, 0.25) is 0 Å². The van der Waals surface area contributed by atoms with Gasteiger partial charge in [-0.2, -0.15) is 4.98 Å². The Bertz CT molecular complexity index is 701. The van der Waals surface area contributed by atoms with Gasteiger partial charge < -0.3 is 9.52 Å². The van der Waals surface area contributed by atoms with Crippen molar-refractivity contribution in [3.63, 3.8) is 0 Å². The van der Waals surface area contributed by atoms with Crippen molar-refractivity contribution >= 4 is 33.3 Å². The van der Waals surface area contributed by atoms with E-state index in [2.05, 4.69) is 9.71 Å². The minimum Gasteiger partial charge on any atom is -0.481 e. The second-order valence-electron chi connectivity index (χ2n) is 3.69.